The Morgan fingerprint density at radius 1 is 0.938 bits per heavy atom. The molecule has 0 heterocycles. The van der Waals surface area contributed by atoms with Crippen LogP contribution in [0.15, 0.2) is 12.3 Å². The fourth-order valence-corrected chi connectivity index (χ4v) is 3.08. The van der Waals surface area contributed by atoms with E-state index >= 15 is 0 Å². The van der Waals surface area contributed by atoms with Crippen molar-refractivity contribution in [3.05, 3.63) is 12.3 Å². The second kappa shape index (κ2) is 10.0. The van der Waals surface area contributed by atoms with E-state index in [1.165, 1.54) is 0 Å². The van der Waals surface area contributed by atoms with Crippen LogP contribution in [0.5, 0.6) is 0 Å². The molecule has 0 rings (SSSR count). The molecule has 0 N–H and O–H groups in total. The van der Waals surface area contributed by atoms with Gasteiger partial charge in [0.15, 0.2) is 0 Å². The lowest BCUT2D eigenvalue weighted by Gasteiger charge is -2.26. The lowest BCUT2D eigenvalue weighted by Crippen LogP contribution is -2.44. The van der Waals surface area contributed by atoms with Gasteiger partial charge < -0.3 is 13.3 Å². The molecule has 0 atom stereocenters. The Kier molecular flexibility index (Phi) is 9.92. The Morgan fingerprint density at radius 2 is 1.44 bits per heavy atom. The minimum Gasteiger partial charge on any atom is -0.371 e. The Morgan fingerprint density at radius 3 is 1.75 bits per heavy atom. The highest BCUT2D eigenvalue weighted by Crippen LogP contribution is 2.13. The number of hydrogen-bond donors (Lipinski definition) is 0. The summed E-state index contributed by atoms with van der Waals surface area (Å²) in [6, 6.07) is 0. The molecular formula is C12H26O3Si. The summed E-state index contributed by atoms with van der Waals surface area (Å²) < 4.78 is 17.2. The van der Waals surface area contributed by atoms with Crippen LogP contribution in [0.25, 0.3) is 0 Å². The van der Waals surface area contributed by atoms with Crippen LogP contribution in [0, 0.1) is 0 Å². The normalized spacial score (nSPS) is 11.7. The monoisotopic (exact) mass is 246 g/mol. The lowest BCUT2D eigenvalue weighted by atomic mass is 10.4. The molecule has 4 heteroatoms. The first kappa shape index (κ1) is 15.8. The summed E-state index contributed by atoms with van der Waals surface area (Å²) in [6.07, 6.45) is 4.30. The molecule has 0 fully saturated rings. The highest BCUT2D eigenvalue weighted by atomic mass is 28.4. The largest absolute Gasteiger partial charge is 0.529 e. The van der Waals surface area contributed by atoms with Gasteiger partial charge in [0, 0.05) is 19.8 Å². The second-order valence-electron chi connectivity index (χ2n) is 3.64. The van der Waals surface area contributed by atoms with Crippen molar-refractivity contribution in [3.8, 4) is 0 Å². The van der Waals surface area contributed by atoms with Crippen molar-refractivity contribution in [1.29, 1.82) is 0 Å². The molecule has 0 aromatic carbocycles. The fraction of sp³-hybridized carbons (Fsp3) is 0.833. The van der Waals surface area contributed by atoms with Crippen LogP contribution < -0.4 is 0 Å². The number of unbranched alkanes of at least 4 members (excludes halogenated alkanes) is 2. The van der Waals surface area contributed by atoms with Crippen molar-refractivity contribution in [2.24, 2.45) is 0 Å². The van der Waals surface area contributed by atoms with Crippen LogP contribution in [0.4, 0.5) is 0 Å². The van der Waals surface area contributed by atoms with Crippen molar-refractivity contribution in [2.45, 2.75) is 46.5 Å². The summed E-state index contributed by atoms with van der Waals surface area (Å²) >= 11 is 0. The first-order chi connectivity index (χ1) is 7.74. The predicted octanol–water partition coefficient (Wildman–Crippen LogP) is 3.32. The number of hydrogen-bond acceptors (Lipinski definition) is 3. The maximum Gasteiger partial charge on any atom is 0.529 e. The van der Waals surface area contributed by atoms with Crippen LogP contribution in [0.3, 0.4) is 0 Å². The van der Waals surface area contributed by atoms with Gasteiger partial charge in [-0.1, -0.05) is 33.3 Å². The topological polar surface area (TPSA) is 27.7 Å². The molecule has 0 saturated carbocycles. The molecule has 0 aromatic rings. The number of rotatable bonds is 11. The Balaban J connectivity index is 4.14. The standard InChI is InChI=1S/C12H26O3Si/c1-5-9-11-14-16(8-4,13-7-3)15-12-10-6-2/h8H,4-7,9-12H2,1-3H3. The minimum absolute atomic E-state index is 0.608. The average Bonchev–Trinajstić information content (AvgIpc) is 2.29. The molecule has 16 heavy (non-hydrogen) atoms. The summed E-state index contributed by atoms with van der Waals surface area (Å²) in [4.78, 5) is 0. The molecule has 0 saturated heterocycles. The van der Waals surface area contributed by atoms with E-state index in [4.69, 9.17) is 13.3 Å². The van der Waals surface area contributed by atoms with Crippen LogP contribution in [0.1, 0.15) is 46.5 Å². The Labute approximate surface area is 101 Å². The maximum atomic E-state index is 5.78. The molecule has 0 aliphatic carbocycles. The average molecular weight is 246 g/mol. The van der Waals surface area contributed by atoms with E-state index in [1.54, 1.807) is 5.70 Å². The van der Waals surface area contributed by atoms with E-state index in [2.05, 4.69) is 20.4 Å². The first-order valence-electron chi connectivity index (χ1n) is 6.30. The van der Waals surface area contributed by atoms with Gasteiger partial charge in [-0.2, -0.15) is 0 Å². The summed E-state index contributed by atoms with van der Waals surface area (Å²) in [6.45, 7) is 12.0. The highest BCUT2D eigenvalue weighted by molar-refractivity contribution is 6.66. The van der Waals surface area contributed by atoms with Gasteiger partial charge in [-0.3, -0.25) is 0 Å². The van der Waals surface area contributed by atoms with E-state index in [0.717, 1.165) is 25.7 Å². The molecule has 0 aliphatic heterocycles. The van der Waals surface area contributed by atoms with Gasteiger partial charge in [0.05, 0.1) is 0 Å². The smallest absolute Gasteiger partial charge is 0.371 e. The molecule has 0 aliphatic rings. The van der Waals surface area contributed by atoms with Crippen LogP contribution in [-0.4, -0.2) is 28.6 Å². The van der Waals surface area contributed by atoms with Gasteiger partial charge in [0.25, 0.3) is 0 Å². The summed E-state index contributed by atoms with van der Waals surface area (Å²) in [5.74, 6) is 0. The Hall–Kier alpha value is -0.163. The van der Waals surface area contributed by atoms with Crippen molar-refractivity contribution < 1.29 is 13.3 Å². The molecule has 0 bridgehead atoms. The zero-order chi connectivity index (χ0) is 12.3. The molecule has 0 radical (unpaired) electrons. The molecule has 96 valence electrons. The van der Waals surface area contributed by atoms with Crippen LogP contribution >= 0.6 is 0 Å². The molecule has 0 amide bonds. The molecule has 0 spiro atoms. The lowest BCUT2D eigenvalue weighted by molar-refractivity contribution is 0.0735. The summed E-state index contributed by atoms with van der Waals surface area (Å²) in [5.41, 5.74) is 1.74. The van der Waals surface area contributed by atoms with Crippen LogP contribution in [-0.2, 0) is 13.3 Å². The first-order valence-corrected chi connectivity index (χ1v) is 8.10. The Bertz CT molecular complexity index is 164. The summed E-state index contributed by atoms with van der Waals surface area (Å²) in [5, 5.41) is 0. The third-order valence-corrected chi connectivity index (χ3v) is 4.60. The van der Waals surface area contributed by atoms with Gasteiger partial charge >= 0.3 is 8.80 Å². The zero-order valence-electron chi connectivity index (χ0n) is 11.0. The van der Waals surface area contributed by atoms with Crippen molar-refractivity contribution >= 4 is 8.80 Å². The van der Waals surface area contributed by atoms with E-state index in [1.807, 2.05) is 6.92 Å². The van der Waals surface area contributed by atoms with Crippen molar-refractivity contribution in [1.82, 2.24) is 0 Å². The highest BCUT2D eigenvalue weighted by Gasteiger charge is 2.37. The predicted molar refractivity (Wildman–Crippen MR) is 69.3 cm³/mol. The molecule has 3 nitrogen and oxygen atoms in total. The fourth-order valence-electron chi connectivity index (χ4n) is 1.22. The third-order valence-electron chi connectivity index (χ3n) is 2.20. The third kappa shape index (κ3) is 6.43. The minimum atomic E-state index is -2.58. The van der Waals surface area contributed by atoms with E-state index in [-0.39, 0.29) is 0 Å². The van der Waals surface area contributed by atoms with E-state index in [9.17, 15) is 0 Å². The van der Waals surface area contributed by atoms with Gasteiger partial charge in [0.2, 0.25) is 0 Å². The summed E-state index contributed by atoms with van der Waals surface area (Å²) in [7, 11) is -2.58. The van der Waals surface area contributed by atoms with Gasteiger partial charge in [-0.25, -0.2) is 0 Å². The molecular weight excluding hydrogens is 220 g/mol. The quantitative estimate of drug-likeness (QED) is 0.413. The van der Waals surface area contributed by atoms with Crippen LogP contribution in [0.2, 0.25) is 0 Å². The van der Waals surface area contributed by atoms with Gasteiger partial charge in [-0.05, 0) is 25.5 Å². The molecule has 0 aromatic heterocycles. The van der Waals surface area contributed by atoms with E-state index in [0.29, 0.717) is 19.8 Å². The maximum absolute atomic E-state index is 5.78. The van der Waals surface area contributed by atoms with E-state index < -0.39 is 8.80 Å². The zero-order valence-corrected chi connectivity index (χ0v) is 12.0. The van der Waals surface area contributed by atoms with Gasteiger partial charge in [-0.15, -0.1) is 0 Å². The van der Waals surface area contributed by atoms with Crippen molar-refractivity contribution in [2.75, 3.05) is 19.8 Å². The SMILES string of the molecule is C=C[Si](OCC)(OCCCC)OCCCC. The van der Waals surface area contributed by atoms with Gasteiger partial charge in [0.1, 0.15) is 0 Å². The van der Waals surface area contributed by atoms with Crippen molar-refractivity contribution in [3.63, 3.8) is 0 Å². The second-order valence-corrected chi connectivity index (χ2v) is 6.13. The molecule has 0 unspecified atom stereocenters.